The van der Waals surface area contributed by atoms with Crippen molar-refractivity contribution >= 4 is 17.5 Å². The summed E-state index contributed by atoms with van der Waals surface area (Å²) >= 11 is 0. The van der Waals surface area contributed by atoms with Gasteiger partial charge in [-0.1, -0.05) is 0 Å². The molecule has 0 spiro atoms. The summed E-state index contributed by atoms with van der Waals surface area (Å²) in [5, 5.41) is 12.6. The number of anilines is 1. The lowest BCUT2D eigenvalue weighted by atomic mass is 10.0. The molecule has 0 unspecified atom stereocenters. The highest BCUT2D eigenvalue weighted by atomic mass is 19.3. The summed E-state index contributed by atoms with van der Waals surface area (Å²) in [4.78, 5) is 23.8. The molecule has 2 rings (SSSR count). The highest BCUT2D eigenvalue weighted by Gasteiger charge is 2.43. The molecular formula is C18H15F5N2O3. The fourth-order valence-electron chi connectivity index (χ4n) is 2.20. The van der Waals surface area contributed by atoms with Gasteiger partial charge in [0.05, 0.1) is 5.56 Å². The number of halogens is 5. The molecule has 0 saturated heterocycles. The molecule has 3 N–H and O–H groups in total. The minimum Gasteiger partial charge on any atom is -0.396 e. The number of amides is 2. The maximum Gasteiger partial charge on any atom is 0.352 e. The monoisotopic (exact) mass is 402 g/mol. The first-order valence-electron chi connectivity index (χ1n) is 8.00. The van der Waals surface area contributed by atoms with Gasteiger partial charge in [0, 0.05) is 30.5 Å². The van der Waals surface area contributed by atoms with Crippen molar-refractivity contribution < 1.29 is 36.6 Å². The normalized spacial score (nSPS) is 11.2. The number of carbonyl (C=O) groups is 2. The van der Waals surface area contributed by atoms with E-state index in [1.54, 1.807) is 0 Å². The van der Waals surface area contributed by atoms with E-state index in [-0.39, 0.29) is 25.3 Å². The molecule has 2 aromatic rings. The maximum atomic E-state index is 14.3. The first-order chi connectivity index (χ1) is 13.2. The van der Waals surface area contributed by atoms with Gasteiger partial charge in [0.1, 0.15) is 5.82 Å². The van der Waals surface area contributed by atoms with Crippen LogP contribution in [0.3, 0.4) is 0 Å². The van der Waals surface area contributed by atoms with Gasteiger partial charge in [0.2, 0.25) is 0 Å². The van der Waals surface area contributed by atoms with E-state index < -0.39 is 46.3 Å². The first kappa shape index (κ1) is 21.3. The van der Waals surface area contributed by atoms with Crippen molar-refractivity contribution in [2.75, 3.05) is 18.5 Å². The third-order valence-corrected chi connectivity index (χ3v) is 3.65. The van der Waals surface area contributed by atoms with Crippen LogP contribution in [0.5, 0.6) is 0 Å². The largest absolute Gasteiger partial charge is 0.396 e. The van der Waals surface area contributed by atoms with E-state index in [1.165, 1.54) is 0 Å². The van der Waals surface area contributed by atoms with Crippen LogP contribution in [0.1, 0.15) is 22.3 Å². The Morgan fingerprint density at radius 2 is 1.64 bits per heavy atom. The fourth-order valence-corrected chi connectivity index (χ4v) is 2.20. The highest BCUT2D eigenvalue weighted by Crippen LogP contribution is 2.31. The predicted molar refractivity (Wildman–Crippen MR) is 89.3 cm³/mol. The summed E-state index contributed by atoms with van der Waals surface area (Å²) in [6.07, 6.45) is 0.0287. The van der Waals surface area contributed by atoms with E-state index in [9.17, 15) is 31.5 Å². The molecular weight excluding hydrogens is 387 g/mol. The third-order valence-electron chi connectivity index (χ3n) is 3.65. The van der Waals surface area contributed by atoms with Crippen LogP contribution in [0.4, 0.5) is 27.6 Å². The molecule has 2 amide bonds. The van der Waals surface area contributed by atoms with Crippen LogP contribution in [-0.4, -0.2) is 30.1 Å². The smallest absolute Gasteiger partial charge is 0.352 e. The van der Waals surface area contributed by atoms with E-state index in [1.807, 2.05) is 5.32 Å². The average molecular weight is 402 g/mol. The Labute approximate surface area is 156 Å². The number of aliphatic hydroxyl groups is 1. The number of hydrogen-bond acceptors (Lipinski definition) is 3. The van der Waals surface area contributed by atoms with Gasteiger partial charge in [0.25, 0.3) is 11.8 Å². The van der Waals surface area contributed by atoms with Gasteiger partial charge in [-0.3, -0.25) is 9.59 Å². The van der Waals surface area contributed by atoms with Crippen molar-refractivity contribution in [3.8, 4) is 0 Å². The van der Waals surface area contributed by atoms with Crippen LogP contribution in [-0.2, 0) is 10.7 Å². The summed E-state index contributed by atoms with van der Waals surface area (Å²) in [6.45, 7) is -0.581. The maximum absolute atomic E-state index is 14.3. The molecule has 10 heteroatoms. The zero-order chi connectivity index (χ0) is 20.9. The number of aliphatic hydroxyl groups excluding tert-OH is 1. The number of alkyl halides is 2. The van der Waals surface area contributed by atoms with Crippen molar-refractivity contribution in [1.29, 1.82) is 0 Å². The number of rotatable bonds is 7. The number of hydrogen-bond donors (Lipinski definition) is 3. The minimum absolute atomic E-state index is 0.0287. The van der Waals surface area contributed by atoms with Crippen LogP contribution in [0.2, 0.25) is 0 Å². The summed E-state index contributed by atoms with van der Waals surface area (Å²) < 4.78 is 68.5. The van der Waals surface area contributed by atoms with Crippen molar-refractivity contribution in [3.63, 3.8) is 0 Å². The number of nitrogens with one attached hydrogen (secondary N) is 2. The SMILES string of the molecule is O=C(Nc1ccc(F)c(F)c1)c1ccc(F)c(C(F)(F)C(=O)NCCCO)c1. The second-order valence-electron chi connectivity index (χ2n) is 5.69. The molecule has 0 aliphatic rings. The molecule has 0 aromatic heterocycles. The Morgan fingerprint density at radius 1 is 0.964 bits per heavy atom. The molecule has 0 radical (unpaired) electrons. The van der Waals surface area contributed by atoms with Crippen LogP contribution < -0.4 is 10.6 Å². The molecule has 28 heavy (non-hydrogen) atoms. The van der Waals surface area contributed by atoms with Crippen LogP contribution >= 0.6 is 0 Å². The summed E-state index contributed by atoms with van der Waals surface area (Å²) in [6, 6.07) is 4.46. The van der Waals surface area contributed by atoms with Gasteiger partial charge in [0.15, 0.2) is 11.6 Å². The molecule has 0 fully saturated rings. The molecule has 2 aromatic carbocycles. The van der Waals surface area contributed by atoms with Gasteiger partial charge >= 0.3 is 5.92 Å². The zero-order valence-electron chi connectivity index (χ0n) is 14.2. The molecule has 0 heterocycles. The minimum atomic E-state index is -4.28. The molecule has 5 nitrogen and oxygen atoms in total. The zero-order valence-corrected chi connectivity index (χ0v) is 14.2. The quantitative estimate of drug-likeness (QED) is 0.492. The van der Waals surface area contributed by atoms with Crippen molar-refractivity contribution in [3.05, 3.63) is 65.0 Å². The standard InChI is InChI=1S/C18H15F5N2O3/c19-13-4-2-10(16(27)25-11-3-5-14(20)15(21)9-11)8-12(13)18(22,23)17(28)24-6-1-7-26/h2-5,8-9,26H,1,6-7H2,(H,24,28)(H,25,27). The lowest BCUT2D eigenvalue weighted by Crippen LogP contribution is -2.39. The van der Waals surface area contributed by atoms with Gasteiger partial charge in [-0.05, 0) is 36.8 Å². The number of carbonyl (C=O) groups excluding carboxylic acids is 2. The molecule has 0 saturated carbocycles. The second kappa shape index (κ2) is 8.79. The van der Waals surface area contributed by atoms with Crippen molar-refractivity contribution in [2.24, 2.45) is 0 Å². The summed E-state index contributed by atoms with van der Waals surface area (Å²) in [5.74, 6) is -10.9. The van der Waals surface area contributed by atoms with E-state index in [4.69, 9.17) is 5.11 Å². The Kier molecular flexibility index (Phi) is 6.68. The van der Waals surface area contributed by atoms with Crippen molar-refractivity contribution in [1.82, 2.24) is 5.32 Å². The van der Waals surface area contributed by atoms with Gasteiger partial charge in [-0.2, -0.15) is 8.78 Å². The van der Waals surface area contributed by atoms with Crippen molar-refractivity contribution in [2.45, 2.75) is 12.3 Å². The highest BCUT2D eigenvalue weighted by molar-refractivity contribution is 6.04. The molecule has 150 valence electrons. The Balaban J connectivity index is 2.24. The lowest BCUT2D eigenvalue weighted by Gasteiger charge is -2.18. The van der Waals surface area contributed by atoms with Gasteiger partial charge in [-0.25, -0.2) is 13.2 Å². The van der Waals surface area contributed by atoms with Crippen LogP contribution in [0.15, 0.2) is 36.4 Å². The topological polar surface area (TPSA) is 78.4 Å². The average Bonchev–Trinajstić information content (AvgIpc) is 2.65. The Hall–Kier alpha value is -3.01. The van der Waals surface area contributed by atoms with E-state index in [0.29, 0.717) is 18.2 Å². The molecule has 0 aliphatic heterocycles. The molecule has 0 bridgehead atoms. The molecule has 0 aliphatic carbocycles. The summed E-state index contributed by atoms with van der Waals surface area (Å²) in [7, 11) is 0. The van der Waals surface area contributed by atoms with E-state index >= 15 is 0 Å². The fraction of sp³-hybridized carbons (Fsp3) is 0.222. The number of benzene rings is 2. The van der Waals surface area contributed by atoms with Gasteiger partial charge < -0.3 is 15.7 Å². The van der Waals surface area contributed by atoms with E-state index in [2.05, 4.69) is 5.32 Å². The Bertz CT molecular complexity index is 890. The lowest BCUT2D eigenvalue weighted by molar-refractivity contribution is -0.147. The second-order valence-corrected chi connectivity index (χ2v) is 5.69. The Morgan fingerprint density at radius 3 is 2.29 bits per heavy atom. The molecule has 0 atom stereocenters. The van der Waals surface area contributed by atoms with Crippen LogP contribution in [0.25, 0.3) is 0 Å². The summed E-state index contributed by atoms with van der Waals surface area (Å²) in [5.41, 5.74) is -1.90. The van der Waals surface area contributed by atoms with Crippen LogP contribution in [0, 0.1) is 17.5 Å². The first-order valence-corrected chi connectivity index (χ1v) is 8.00. The van der Waals surface area contributed by atoms with E-state index in [0.717, 1.165) is 18.2 Å². The van der Waals surface area contributed by atoms with Gasteiger partial charge in [-0.15, -0.1) is 0 Å². The predicted octanol–water partition coefficient (Wildman–Crippen LogP) is 2.95. The third kappa shape index (κ3) is 4.83.